The molecule has 3 aromatic rings. The van der Waals surface area contributed by atoms with Crippen LogP contribution in [-0.2, 0) is 17.9 Å². The van der Waals surface area contributed by atoms with E-state index in [1.54, 1.807) is 0 Å². The van der Waals surface area contributed by atoms with Gasteiger partial charge in [-0.1, -0.05) is 59.2 Å². The van der Waals surface area contributed by atoms with Crippen LogP contribution >= 0.6 is 11.6 Å². The number of hydrogen-bond acceptors (Lipinski definition) is 5. The second kappa shape index (κ2) is 9.20. The highest BCUT2D eigenvalue weighted by atomic mass is 35.5. The van der Waals surface area contributed by atoms with E-state index < -0.39 is 0 Å². The minimum atomic E-state index is 0.0427. The Morgan fingerprint density at radius 2 is 1.83 bits per heavy atom. The van der Waals surface area contributed by atoms with Crippen LogP contribution in [0.15, 0.2) is 59.1 Å². The van der Waals surface area contributed by atoms with Gasteiger partial charge in [-0.2, -0.15) is 4.98 Å². The summed E-state index contributed by atoms with van der Waals surface area (Å²) < 4.78 is 5.40. The first-order valence-corrected chi connectivity index (χ1v) is 10.2. The van der Waals surface area contributed by atoms with Gasteiger partial charge >= 0.3 is 0 Å². The van der Waals surface area contributed by atoms with Crippen molar-refractivity contribution < 1.29 is 9.32 Å². The van der Waals surface area contributed by atoms with Gasteiger partial charge in [-0.3, -0.25) is 9.69 Å². The molecule has 2 aromatic carbocycles. The van der Waals surface area contributed by atoms with Crippen LogP contribution in [0.1, 0.15) is 24.3 Å². The molecule has 1 N–H and O–H groups in total. The van der Waals surface area contributed by atoms with Crippen molar-refractivity contribution in [3.8, 4) is 11.4 Å². The average molecular weight is 411 g/mol. The molecular weight excluding hydrogens is 388 g/mol. The third-order valence-corrected chi connectivity index (χ3v) is 5.45. The van der Waals surface area contributed by atoms with Gasteiger partial charge in [0, 0.05) is 23.0 Å². The zero-order chi connectivity index (χ0) is 20.1. The fraction of sp³-hybridized carbons (Fsp3) is 0.318. The highest BCUT2D eigenvalue weighted by molar-refractivity contribution is 6.30. The number of benzene rings is 2. The summed E-state index contributed by atoms with van der Waals surface area (Å²) in [6, 6.07) is 17.3. The predicted octanol–water partition coefficient (Wildman–Crippen LogP) is 3.92. The molecule has 1 fully saturated rings. The molecule has 0 bridgehead atoms. The number of likely N-dealkylation sites (tertiary alicyclic amines) is 1. The SMILES string of the molecule is O=C(NCc1ccc(Cl)cc1)C1CCN(Cc2nc(-c3ccccc3)no2)CC1. The Kier molecular flexibility index (Phi) is 6.22. The van der Waals surface area contributed by atoms with Crippen molar-refractivity contribution in [3.05, 3.63) is 71.1 Å². The first kappa shape index (κ1) is 19.6. The van der Waals surface area contributed by atoms with Crippen LogP contribution in [0.3, 0.4) is 0 Å². The lowest BCUT2D eigenvalue weighted by molar-refractivity contribution is -0.126. The van der Waals surface area contributed by atoms with Crippen molar-refractivity contribution in [2.24, 2.45) is 5.92 Å². The van der Waals surface area contributed by atoms with E-state index in [4.69, 9.17) is 16.1 Å². The van der Waals surface area contributed by atoms with Gasteiger partial charge in [0.15, 0.2) is 0 Å². The number of carbonyl (C=O) groups excluding carboxylic acids is 1. The number of amides is 1. The molecule has 0 saturated carbocycles. The molecule has 0 unspecified atom stereocenters. The van der Waals surface area contributed by atoms with Gasteiger partial charge in [0.25, 0.3) is 0 Å². The molecule has 7 heteroatoms. The number of nitrogens with one attached hydrogen (secondary N) is 1. The van der Waals surface area contributed by atoms with E-state index in [-0.39, 0.29) is 11.8 Å². The molecule has 1 aliphatic heterocycles. The summed E-state index contributed by atoms with van der Waals surface area (Å²) in [5.41, 5.74) is 1.99. The Bertz CT molecular complexity index is 935. The monoisotopic (exact) mass is 410 g/mol. The smallest absolute Gasteiger partial charge is 0.241 e. The van der Waals surface area contributed by atoms with Gasteiger partial charge in [-0.25, -0.2) is 0 Å². The van der Waals surface area contributed by atoms with Crippen LogP contribution in [0.25, 0.3) is 11.4 Å². The standard InChI is InChI=1S/C22H23ClN4O2/c23-19-8-6-16(7-9-19)14-24-22(28)18-10-12-27(13-11-18)15-20-25-21(26-29-20)17-4-2-1-3-5-17/h1-9,18H,10-15H2,(H,24,28). The third-order valence-electron chi connectivity index (χ3n) is 5.20. The maximum Gasteiger partial charge on any atom is 0.241 e. The van der Waals surface area contributed by atoms with Crippen LogP contribution in [0, 0.1) is 5.92 Å². The molecule has 0 spiro atoms. The molecule has 0 aliphatic carbocycles. The topological polar surface area (TPSA) is 71.3 Å². The van der Waals surface area contributed by atoms with Gasteiger partial charge in [-0.05, 0) is 43.6 Å². The number of halogens is 1. The maximum atomic E-state index is 12.5. The number of piperidine rings is 1. The van der Waals surface area contributed by atoms with E-state index in [2.05, 4.69) is 20.4 Å². The largest absolute Gasteiger partial charge is 0.352 e. The van der Waals surface area contributed by atoms with Crippen LogP contribution in [0.5, 0.6) is 0 Å². The lowest BCUT2D eigenvalue weighted by atomic mass is 9.96. The summed E-state index contributed by atoms with van der Waals surface area (Å²) in [5, 5.41) is 7.80. The van der Waals surface area contributed by atoms with Crippen molar-refractivity contribution in [1.82, 2.24) is 20.4 Å². The van der Waals surface area contributed by atoms with E-state index in [0.29, 0.717) is 29.8 Å². The predicted molar refractivity (Wildman–Crippen MR) is 111 cm³/mol. The average Bonchev–Trinajstić information content (AvgIpc) is 3.23. The molecule has 150 valence electrons. The summed E-state index contributed by atoms with van der Waals surface area (Å²) in [4.78, 5) is 19.2. The summed E-state index contributed by atoms with van der Waals surface area (Å²) in [6.07, 6.45) is 1.65. The molecule has 0 radical (unpaired) electrons. The van der Waals surface area contributed by atoms with Crippen LogP contribution in [0.4, 0.5) is 0 Å². The quantitative estimate of drug-likeness (QED) is 0.666. The third kappa shape index (κ3) is 5.22. The molecule has 4 rings (SSSR count). The lowest BCUT2D eigenvalue weighted by Gasteiger charge is -2.30. The van der Waals surface area contributed by atoms with Crippen LogP contribution in [0.2, 0.25) is 5.02 Å². The maximum absolute atomic E-state index is 12.5. The van der Waals surface area contributed by atoms with E-state index in [1.807, 2.05) is 54.6 Å². The van der Waals surface area contributed by atoms with Gasteiger partial charge in [0.05, 0.1) is 6.54 Å². The molecule has 2 heterocycles. The van der Waals surface area contributed by atoms with Crippen molar-refractivity contribution in [2.45, 2.75) is 25.9 Å². The first-order valence-electron chi connectivity index (χ1n) is 9.80. The molecule has 1 amide bonds. The molecule has 6 nitrogen and oxygen atoms in total. The Morgan fingerprint density at radius 3 is 2.55 bits per heavy atom. The van der Waals surface area contributed by atoms with Gasteiger partial charge in [-0.15, -0.1) is 0 Å². The zero-order valence-electron chi connectivity index (χ0n) is 16.1. The normalized spacial score (nSPS) is 15.3. The molecule has 1 saturated heterocycles. The fourth-order valence-corrected chi connectivity index (χ4v) is 3.63. The molecule has 0 atom stereocenters. The highest BCUT2D eigenvalue weighted by Gasteiger charge is 2.25. The minimum Gasteiger partial charge on any atom is -0.352 e. The lowest BCUT2D eigenvalue weighted by Crippen LogP contribution is -2.40. The van der Waals surface area contributed by atoms with E-state index >= 15 is 0 Å². The number of hydrogen-bond donors (Lipinski definition) is 1. The fourth-order valence-electron chi connectivity index (χ4n) is 3.50. The Hall–Kier alpha value is -2.70. The number of nitrogens with zero attached hydrogens (tertiary/aromatic N) is 3. The first-order chi connectivity index (χ1) is 14.2. The van der Waals surface area contributed by atoms with Gasteiger partial charge in [0.1, 0.15) is 0 Å². The number of carbonyl (C=O) groups is 1. The Morgan fingerprint density at radius 1 is 1.10 bits per heavy atom. The second-order valence-electron chi connectivity index (χ2n) is 7.27. The van der Waals surface area contributed by atoms with E-state index in [1.165, 1.54) is 0 Å². The number of aromatic nitrogens is 2. The summed E-state index contributed by atoms with van der Waals surface area (Å²) in [7, 11) is 0. The highest BCUT2D eigenvalue weighted by Crippen LogP contribution is 2.21. The Labute approximate surface area is 174 Å². The van der Waals surface area contributed by atoms with Gasteiger partial charge in [0.2, 0.25) is 17.6 Å². The minimum absolute atomic E-state index is 0.0427. The van der Waals surface area contributed by atoms with Crippen molar-refractivity contribution in [3.63, 3.8) is 0 Å². The van der Waals surface area contributed by atoms with Crippen molar-refractivity contribution >= 4 is 17.5 Å². The van der Waals surface area contributed by atoms with Crippen molar-refractivity contribution in [2.75, 3.05) is 13.1 Å². The molecular formula is C22H23ClN4O2. The van der Waals surface area contributed by atoms with E-state index in [9.17, 15) is 4.79 Å². The van der Waals surface area contributed by atoms with Crippen LogP contribution in [-0.4, -0.2) is 34.0 Å². The van der Waals surface area contributed by atoms with Crippen LogP contribution < -0.4 is 5.32 Å². The summed E-state index contributed by atoms with van der Waals surface area (Å²) >= 11 is 5.89. The number of rotatable bonds is 6. The second-order valence-corrected chi connectivity index (χ2v) is 7.71. The molecule has 1 aliphatic rings. The molecule has 29 heavy (non-hydrogen) atoms. The summed E-state index contributed by atoms with van der Waals surface area (Å²) in [5.74, 6) is 1.37. The van der Waals surface area contributed by atoms with E-state index in [0.717, 1.165) is 37.1 Å². The Balaban J connectivity index is 1.23. The molecule has 1 aromatic heterocycles. The summed E-state index contributed by atoms with van der Waals surface area (Å²) in [6.45, 7) is 2.81. The van der Waals surface area contributed by atoms with Gasteiger partial charge < -0.3 is 9.84 Å². The zero-order valence-corrected chi connectivity index (χ0v) is 16.8. The van der Waals surface area contributed by atoms with Crippen molar-refractivity contribution in [1.29, 1.82) is 0 Å².